The summed E-state index contributed by atoms with van der Waals surface area (Å²) in [6, 6.07) is -0.111. The number of carboxylic acids is 1. The molecule has 2 N–H and O–H groups in total. The zero-order valence-corrected chi connectivity index (χ0v) is 8.32. The topological polar surface area (TPSA) is 69.6 Å². The van der Waals surface area contributed by atoms with Gasteiger partial charge in [-0.1, -0.05) is 6.92 Å². The van der Waals surface area contributed by atoms with Gasteiger partial charge in [0.05, 0.1) is 0 Å². The van der Waals surface area contributed by atoms with Crippen molar-refractivity contribution in [3.05, 3.63) is 0 Å². The maximum atomic E-state index is 11.5. The van der Waals surface area contributed by atoms with Crippen molar-refractivity contribution in [1.82, 2.24) is 10.2 Å². The minimum absolute atomic E-state index is 0.142. The first-order valence-corrected chi connectivity index (χ1v) is 4.91. The molecule has 5 nitrogen and oxygen atoms in total. The number of amides is 2. The molecule has 1 aliphatic rings. The molecule has 5 heteroatoms. The van der Waals surface area contributed by atoms with Crippen LogP contribution >= 0.6 is 0 Å². The van der Waals surface area contributed by atoms with Gasteiger partial charge in [0.25, 0.3) is 0 Å². The fourth-order valence-corrected chi connectivity index (χ4v) is 1.23. The summed E-state index contributed by atoms with van der Waals surface area (Å²) in [6.45, 7) is 2.36. The van der Waals surface area contributed by atoms with E-state index in [-0.39, 0.29) is 18.6 Å². The third-order valence-electron chi connectivity index (χ3n) is 2.08. The van der Waals surface area contributed by atoms with E-state index in [0.29, 0.717) is 6.54 Å². The van der Waals surface area contributed by atoms with Gasteiger partial charge in [0.2, 0.25) is 0 Å². The lowest BCUT2D eigenvalue weighted by Gasteiger charge is -2.20. The van der Waals surface area contributed by atoms with E-state index in [2.05, 4.69) is 5.32 Å². The number of hydrogen-bond acceptors (Lipinski definition) is 2. The van der Waals surface area contributed by atoms with Crippen LogP contribution in [-0.4, -0.2) is 41.1 Å². The number of carboxylic acid groups (broad SMARTS) is 1. The Hall–Kier alpha value is -1.26. The van der Waals surface area contributed by atoms with E-state index in [1.54, 1.807) is 0 Å². The lowest BCUT2D eigenvalue weighted by molar-refractivity contribution is -0.137. The van der Waals surface area contributed by atoms with E-state index in [1.165, 1.54) is 4.90 Å². The molecule has 0 heterocycles. The Labute approximate surface area is 83.1 Å². The molecule has 14 heavy (non-hydrogen) atoms. The Balaban J connectivity index is 2.40. The van der Waals surface area contributed by atoms with Crippen LogP contribution in [0.2, 0.25) is 0 Å². The van der Waals surface area contributed by atoms with Crippen LogP contribution in [-0.2, 0) is 4.79 Å². The molecule has 0 aliphatic heterocycles. The SMILES string of the molecule is CCCNC(=O)N(CC(=O)O)C1CC1. The lowest BCUT2D eigenvalue weighted by Crippen LogP contribution is -2.44. The van der Waals surface area contributed by atoms with Crippen LogP contribution in [0, 0.1) is 0 Å². The number of nitrogens with zero attached hydrogens (tertiary/aromatic N) is 1. The fraction of sp³-hybridized carbons (Fsp3) is 0.778. The summed E-state index contributed by atoms with van der Waals surface area (Å²) in [7, 11) is 0. The maximum Gasteiger partial charge on any atom is 0.323 e. The predicted octanol–water partition coefficient (Wildman–Crippen LogP) is 0.655. The number of carbonyl (C=O) groups excluding carboxylic acids is 1. The zero-order chi connectivity index (χ0) is 10.6. The molecule has 80 valence electrons. The second-order valence-corrected chi connectivity index (χ2v) is 3.48. The van der Waals surface area contributed by atoms with E-state index in [9.17, 15) is 9.59 Å². The summed E-state index contributed by atoms with van der Waals surface area (Å²) < 4.78 is 0. The molecule has 1 rings (SSSR count). The van der Waals surface area contributed by atoms with Crippen molar-refractivity contribution in [3.8, 4) is 0 Å². The van der Waals surface area contributed by atoms with Crippen LogP contribution < -0.4 is 5.32 Å². The molecule has 0 bridgehead atoms. The standard InChI is InChI=1S/C9H16N2O3/c1-2-5-10-9(14)11(6-8(12)13)7-3-4-7/h7H,2-6H2,1H3,(H,10,14)(H,12,13). The smallest absolute Gasteiger partial charge is 0.323 e. The number of hydrogen-bond donors (Lipinski definition) is 2. The van der Waals surface area contributed by atoms with Gasteiger partial charge < -0.3 is 15.3 Å². The minimum atomic E-state index is -0.955. The molecular formula is C9H16N2O3. The van der Waals surface area contributed by atoms with E-state index in [1.807, 2.05) is 6.92 Å². The van der Waals surface area contributed by atoms with Crippen molar-refractivity contribution in [2.75, 3.05) is 13.1 Å². The number of nitrogens with one attached hydrogen (secondary N) is 1. The van der Waals surface area contributed by atoms with Gasteiger partial charge >= 0.3 is 12.0 Å². The Kier molecular flexibility index (Phi) is 3.73. The van der Waals surface area contributed by atoms with Crippen molar-refractivity contribution in [3.63, 3.8) is 0 Å². The number of carbonyl (C=O) groups is 2. The average molecular weight is 200 g/mol. The summed E-state index contributed by atoms with van der Waals surface area (Å²) >= 11 is 0. The monoisotopic (exact) mass is 200 g/mol. The molecule has 0 unspecified atom stereocenters. The van der Waals surface area contributed by atoms with Gasteiger partial charge in [-0.25, -0.2) is 4.79 Å². The highest BCUT2D eigenvalue weighted by molar-refractivity contribution is 5.80. The molecule has 0 aromatic carbocycles. The molecule has 2 amide bonds. The summed E-state index contributed by atoms with van der Waals surface area (Å²) in [5, 5.41) is 11.3. The molecule has 1 saturated carbocycles. The van der Waals surface area contributed by atoms with Gasteiger partial charge in [-0.15, -0.1) is 0 Å². The van der Waals surface area contributed by atoms with Crippen molar-refractivity contribution in [2.24, 2.45) is 0 Å². The molecular weight excluding hydrogens is 184 g/mol. The van der Waals surface area contributed by atoms with Gasteiger partial charge in [0, 0.05) is 12.6 Å². The summed E-state index contributed by atoms with van der Waals surface area (Å²) in [5.41, 5.74) is 0. The number of rotatable bonds is 5. The Morgan fingerprint density at radius 1 is 1.50 bits per heavy atom. The highest BCUT2D eigenvalue weighted by Crippen LogP contribution is 2.26. The van der Waals surface area contributed by atoms with Crippen LogP contribution in [0.15, 0.2) is 0 Å². The Morgan fingerprint density at radius 2 is 2.14 bits per heavy atom. The van der Waals surface area contributed by atoms with Crippen LogP contribution in [0.3, 0.4) is 0 Å². The molecule has 0 saturated heterocycles. The Morgan fingerprint density at radius 3 is 2.57 bits per heavy atom. The van der Waals surface area contributed by atoms with Crippen molar-refractivity contribution in [2.45, 2.75) is 32.2 Å². The van der Waals surface area contributed by atoms with Gasteiger partial charge in [0.1, 0.15) is 6.54 Å². The summed E-state index contributed by atoms with van der Waals surface area (Å²) in [6.07, 6.45) is 2.71. The molecule has 0 atom stereocenters. The van der Waals surface area contributed by atoms with E-state index >= 15 is 0 Å². The molecule has 0 aromatic heterocycles. The molecule has 0 radical (unpaired) electrons. The van der Waals surface area contributed by atoms with Gasteiger partial charge in [-0.2, -0.15) is 0 Å². The van der Waals surface area contributed by atoms with Gasteiger partial charge in [-0.3, -0.25) is 4.79 Å². The normalized spacial score (nSPS) is 14.9. The lowest BCUT2D eigenvalue weighted by atomic mass is 10.4. The maximum absolute atomic E-state index is 11.5. The quantitative estimate of drug-likeness (QED) is 0.684. The van der Waals surface area contributed by atoms with Gasteiger partial charge in [-0.05, 0) is 19.3 Å². The van der Waals surface area contributed by atoms with Crippen molar-refractivity contribution >= 4 is 12.0 Å². The zero-order valence-electron chi connectivity index (χ0n) is 8.32. The van der Waals surface area contributed by atoms with E-state index < -0.39 is 5.97 Å². The summed E-state index contributed by atoms with van der Waals surface area (Å²) in [4.78, 5) is 23.4. The highest BCUT2D eigenvalue weighted by atomic mass is 16.4. The second-order valence-electron chi connectivity index (χ2n) is 3.48. The van der Waals surface area contributed by atoms with E-state index in [4.69, 9.17) is 5.11 Å². The Bertz CT molecular complexity index is 226. The predicted molar refractivity (Wildman–Crippen MR) is 51.1 cm³/mol. The molecule has 0 spiro atoms. The minimum Gasteiger partial charge on any atom is -0.480 e. The fourth-order valence-electron chi connectivity index (χ4n) is 1.23. The van der Waals surface area contributed by atoms with Crippen molar-refractivity contribution < 1.29 is 14.7 Å². The third kappa shape index (κ3) is 3.24. The summed E-state index contributed by atoms with van der Waals surface area (Å²) in [5.74, 6) is -0.955. The third-order valence-corrected chi connectivity index (χ3v) is 2.08. The first-order valence-electron chi connectivity index (χ1n) is 4.91. The average Bonchev–Trinajstić information content (AvgIpc) is 2.93. The first kappa shape index (κ1) is 10.8. The van der Waals surface area contributed by atoms with Crippen LogP contribution in [0.25, 0.3) is 0 Å². The molecule has 1 aliphatic carbocycles. The largest absolute Gasteiger partial charge is 0.480 e. The highest BCUT2D eigenvalue weighted by Gasteiger charge is 2.33. The molecule has 1 fully saturated rings. The van der Waals surface area contributed by atoms with Gasteiger partial charge in [0.15, 0.2) is 0 Å². The second kappa shape index (κ2) is 4.83. The van der Waals surface area contributed by atoms with Crippen LogP contribution in [0.1, 0.15) is 26.2 Å². The van der Waals surface area contributed by atoms with Crippen LogP contribution in [0.4, 0.5) is 4.79 Å². The van der Waals surface area contributed by atoms with E-state index in [0.717, 1.165) is 19.3 Å². The first-order chi connectivity index (χ1) is 6.65. The number of urea groups is 1. The van der Waals surface area contributed by atoms with Crippen molar-refractivity contribution in [1.29, 1.82) is 0 Å². The van der Waals surface area contributed by atoms with Crippen LogP contribution in [0.5, 0.6) is 0 Å². The molecule has 0 aromatic rings. The number of aliphatic carboxylic acids is 1.